The summed E-state index contributed by atoms with van der Waals surface area (Å²) in [6.07, 6.45) is 6.37. The van der Waals surface area contributed by atoms with E-state index in [1.54, 1.807) is 0 Å². The quantitative estimate of drug-likeness (QED) is 0.395. The van der Waals surface area contributed by atoms with E-state index >= 15 is 0 Å². The predicted octanol–water partition coefficient (Wildman–Crippen LogP) is 7.98. The van der Waals surface area contributed by atoms with E-state index in [4.69, 9.17) is 5.73 Å². The zero-order valence-electron chi connectivity index (χ0n) is 23.5. The average molecular weight is 473 g/mol. The Labute approximate surface area is 215 Å². The number of rotatable bonds is 9. The van der Waals surface area contributed by atoms with Crippen LogP contribution in [0.15, 0.2) is 71.0 Å². The maximum Gasteiger partial charge on any atom is 0.0317 e. The first kappa shape index (κ1) is 27.3. The zero-order chi connectivity index (χ0) is 26.1. The van der Waals surface area contributed by atoms with Gasteiger partial charge in [-0.3, -0.25) is 0 Å². The van der Waals surface area contributed by atoms with Crippen LogP contribution in [0, 0.1) is 18.3 Å². The lowest BCUT2D eigenvalue weighted by Crippen LogP contribution is -2.39. The third-order valence-corrected chi connectivity index (χ3v) is 9.23. The van der Waals surface area contributed by atoms with E-state index in [9.17, 15) is 0 Å². The molecule has 0 unspecified atom stereocenters. The molecule has 0 bridgehead atoms. The molecular formula is C33H48N2. The summed E-state index contributed by atoms with van der Waals surface area (Å²) in [5.41, 5.74) is 20.6. The Kier molecular flexibility index (Phi) is 8.37. The largest absolute Gasteiger partial charge is 0.399 e. The van der Waals surface area contributed by atoms with E-state index in [0.29, 0.717) is 11.6 Å². The van der Waals surface area contributed by atoms with Gasteiger partial charge in [0.1, 0.15) is 0 Å². The summed E-state index contributed by atoms with van der Waals surface area (Å²) in [7, 11) is 2.20. The molecule has 2 nitrogen and oxygen atoms in total. The van der Waals surface area contributed by atoms with Gasteiger partial charge >= 0.3 is 0 Å². The van der Waals surface area contributed by atoms with Crippen molar-refractivity contribution in [3.63, 3.8) is 0 Å². The van der Waals surface area contributed by atoms with Gasteiger partial charge in [0.05, 0.1) is 0 Å². The Balaban J connectivity index is 2.01. The van der Waals surface area contributed by atoms with Crippen LogP contribution in [-0.2, 0) is 19.4 Å². The summed E-state index contributed by atoms with van der Waals surface area (Å²) in [5, 5.41) is 0. The lowest BCUT2D eigenvalue weighted by atomic mass is 9.54. The molecule has 190 valence electrons. The second-order valence-corrected chi connectivity index (χ2v) is 11.0. The molecule has 0 amide bonds. The standard InChI is InChI=1S/C33H48N2/c1-11-26-19-28-16-17-30(23(6)33(28,9)24(7)32(26)25(8)34)22(5)18-31-21(4)14-15-27(29(31)12-2)20-35(10)13-3/h14-15,28H,5,7-8,11-13,16-20,34H2,1-4,6,9-10H3/t28-,33+/m0/s1. The van der Waals surface area contributed by atoms with Crippen LogP contribution in [-0.4, -0.2) is 18.5 Å². The van der Waals surface area contributed by atoms with Crippen LogP contribution < -0.4 is 5.73 Å². The fraction of sp³-hybridized carbons (Fsp3) is 0.515. The summed E-state index contributed by atoms with van der Waals surface area (Å²) in [4.78, 5) is 2.38. The third kappa shape index (κ3) is 4.87. The second kappa shape index (κ2) is 10.7. The normalized spacial score (nSPS) is 22.6. The molecule has 3 rings (SSSR count). The minimum absolute atomic E-state index is 0.0822. The van der Waals surface area contributed by atoms with Crippen molar-refractivity contribution in [3.8, 4) is 0 Å². The lowest BCUT2D eigenvalue weighted by Gasteiger charge is -2.50. The van der Waals surface area contributed by atoms with Crippen molar-refractivity contribution in [3.05, 3.63) is 93.3 Å². The SMILES string of the molecule is C=C(N)C1=C(CC)C[C@@H]2CCC(C(=C)Cc3c(C)ccc(CN(C)CC)c3CC)=C(C)[C@]2(C)C1=C. The van der Waals surface area contributed by atoms with E-state index in [0.717, 1.165) is 56.3 Å². The van der Waals surface area contributed by atoms with Gasteiger partial charge in [0.25, 0.3) is 0 Å². The van der Waals surface area contributed by atoms with Crippen molar-refractivity contribution in [1.82, 2.24) is 4.90 Å². The number of nitrogens with two attached hydrogens (primary N) is 1. The Bertz CT molecular complexity index is 1100. The van der Waals surface area contributed by atoms with Gasteiger partial charge in [0.15, 0.2) is 0 Å². The Morgan fingerprint density at radius 3 is 2.37 bits per heavy atom. The first-order valence-corrected chi connectivity index (χ1v) is 13.5. The Morgan fingerprint density at radius 1 is 1.11 bits per heavy atom. The molecule has 1 aromatic carbocycles. The number of allylic oxidation sites excluding steroid dienone is 5. The molecule has 2 atom stereocenters. The van der Waals surface area contributed by atoms with Crippen molar-refractivity contribution >= 4 is 0 Å². The van der Waals surface area contributed by atoms with Gasteiger partial charge in [0.2, 0.25) is 0 Å². The van der Waals surface area contributed by atoms with Crippen molar-refractivity contribution in [2.45, 2.75) is 86.6 Å². The summed E-state index contributed by atoms with van der Waals surface area (Å²) in [6, 6.07) is 4.63. The molecule has 0 aliphatic heterocycles. The van der Waals surface area contributed by atoms with E-state index in [-0.39, 0.29) is 5.41 Å². The van der Waals surface area contributed by atoms with Crippen LogP contribution in [0.25, 0.3) is 0 Å². The summed E-state index contributed by atoms with van der Waals surface area (Å²) in [6.45, 7) is 29.2. The minimum atomic E-state index is -0.0822. The predicted molar refractivity (Wildman–Crippen MR) is 153 cm³/mol. The van der Waals surface area contributed by atoms with E-state index in [1.165, 1.54) is 51.0 Å². The van der Waals surface area contributed by atoms with Crippen molar-refractivity contribution in [2.24, 2.45) is 17.1 Å². The molecule has 0 saturated heterocycles. The molecule has 0 heterocycles. The van der Waals surface area contributed by atoms with Crippen molar-refractivity contribution < 1.29 is 0 Å². The first-order valence-electron chi connectivity index (χ1n) is 13.5. The first-order chi connectivity index (χ1) is 16.5. The molecule has 0 spiro atoms. The molecule has 1 aromatic rings. The topological polar surface area (TPSA) is 29.3 Å². The van der Waals surface area contributed by atoms with E-state index in [1.807, 2.05) is 0 Å². The fourth-order valence-electron chi connectivity index (χ4n) is 6.67. The van der Waals surface area contributed by atoms with Crippen molar-refractivity contribution in [2.75, 3.05) is 13.6 Å². The van der Waals surface area contributed by atoms with Crippen molar-refractivity contribution in [1.29, 1.82) is 0 Å². The van der Waals surface area contributed by atoms with Crippen LogP contribution in [0.1, 0.15) is 82.6 Å². The summed E-state index contributed by atoms with van der Waals surface area (Å²) in [5.74, 6) is 0.574. The van der Waals surface area contributed by atoms with Gasteiger partial charge < -0.3 is 10.6 Å². The monoisotopic (exact) mass is 472 g/mol. The highest BCUT2D eigenvalue weighted by atomic mass is 15.1. The molecule has 0 saturated carbocycles. The highest BCUT2D eigenvalue weighted by molar-refractivity contribution is 5.58. The average Bonchev–Trinajstić information content (AvgIpc) is 2.82. The zero-order valence-corrected chi connectivity index (χ0v) is 23.5. The summed E-state index contributed by atoms with van der Waals surface area (Å²) >= 11 is 0. The molecule has 0 fully saturated rings. The van der Waals surface area contributed by atoms with Gasteiger partial charge in [0, 0.05) is 17.7 Å². The van der Waals surface area contributed by atoms with Crippen LogP contribution in [0.5, 0.6) is 0 Å². The molecule has 0 aromatic heterocycles. The number of hydrogen-bond acceptors (Lipinski definition) is 2. The molecule has 2 aliphatic rings. The minimum Gasteiger partial charge on any atom is -0.399 e. The third-order valence-electron chi connectivity index (χ3n) is 9.23. The maximum atomic E-state index is 6.30. The summed E-state index contributed by atoms with van der Waals surface area (Å²) < 4.78 is 0. The number of aryl methyl sites for hydroxylation is 1. The number of hydrogen-bond donors (Lipinski definition) is 1. The highest BCUT2D eigenvalue weighted by Crippen LogP contribution is 2.58. The fourth-order valence-corrected chi connectivity index (χ4v) is 6.67. The molecule has 2 heteroatoms. The molecule has 0 radical (unpaired) electrons. The smallest absolute Gasteiger partial charge is 0.0317 e. The van der Waals surface area contributed by atoms with Gasteiger partial charge in [-0.15, -0.1) is 0 Å². The van der Waals surface area contributed by atoms with Gasteiger partial charge in [-0.05, 0) is 116 Å². The van der Waals surface area contributed by atoms with Crippen LogP contribution in [0.3, 0.4) is 0 Å². The van der Waals surface area contributed by atoms with E-state index < -0.39 is 0 Å². The lowest BCUT2D eigenvalue weighted by molar-refractivity contribution is 0.239. The highest BCUT2D eigenvalue weighted by Gasteiger charge is 2.46. The van der Waals surface area contributed by atoms with Gasteiger partial charge in [-0.2, -0.15) is 0 Å². The maximum absolute atomic E-state index is 6.30. The number of nitrogens with zero attached hydrogens (tertiary/aromatic N) is 1. The Hall–Kier alpha value is -2.32. The molecule has 2 aliphatic carbocycles. The van der Waals surface area contributed by atoms with Gasteiger partial charge in [-0.1, -0.05) is 70.7 Å². The molecular weight excluding hydrogens is 424 g/mol. The van der Waals surface area contributed by atoms with Crippen LogP contribution in [0.4, 0.5) is 0 Å². The van der Waals surface area contributed by atoms with Gasteiger partial charge in [-0.25, -0.2) is 0 Å². The van der Waals surface area contributed by atoms with Crippen LogP contribution in [0.2, 0.25) is 0 Å². The molecule has 2 N–H and O–H groups in total. The van der Waals surface area contributed by atoms with Crippen LogP contribution >= 0.6 is 0 Å². The Morgan fingerprint density at radius 2 is 1.80 bits per heavy atom. The number of benzene rings is 1. The second-order valence-electron chi connectivity index (χ2n) is 11.0. The number of fused-ring (bicyclic) bond motifs is 1. The van der Waals surface area contributed by atoms with E-state index in [2.05, 4.69) is 85.4 Å². The molecule has 35 heavy (non-hydrogen) atoms.